The summed E-state index contributed by atoms with van der Waals surface area (Å²) < 4.78 is 40.9. The zero-order chi connectivity index (χ0) is 37.5. The first-order chi connectivity index (χ1) is 24.9. The predicted molar refractivity (Wildman–Crippen MR) is 198 cm³/mol. The number of aromatic nitrogens is 3. The first-order valence-corrected chi connectivity index (χ1v) is 18.7. The molecule has 2 aromatic heterocycles. The molecule has 52 heavy (non-hydrogen) atoms. The maximum Gasteiger partial charge on any atom is 0.344 e. The molecule has 0 spiro atoms. The fraction of sp³-hybridized carbons (Fsp3) is 0.474. The Labute approximate surface area is 306 Å². The molecule has 4 atom stereocenters. The van der Waals surface area contributed by atoms with Crippen molar-refractivity contribution in [2.24, 2.45) is 17.8 Å². The topological polar surface area (TPSA) is 158 Å². The smallest absolute Gasteiger partial charge is 0.344 e. The average molecular weight is 734 g/mol. The molecule has 1 aliphatic rings. The van der Waals surface area contributed by atoms with E-state index in [1.165, 1.54) is 17.8 Å². The van der Waals surface area contributed by atoms with E-state index >= 15 is 0 Å². The molecule has 278 valence electrons. The van der Waals surface area contributed by atoms with Crippen LogP contribution >= 0.6 is 0 Å². The summed E-state index contributed by atoms with van der Waals surface area (Å²) in [5.74, 6) is 0.280. The third-order valence-corrected chi connectivity index (χ3v) is 10.2. The number of nitrogens with zero attached hydrogens (tertiary/aromatic N) is 3. The van der Waals surface area contributed by atoms with Crippen LogP contribution in [0.2, 0.25) is 0 Å². The molecule has 0 saturated heterocycles. The second kappa shape index (κ2) is 17.0. The molecule has 5 rings (SSSR count). The summed E-state index contributed by atoms with van der Waals surface area (Å²) in [5.41, 5.74) is 2.15. The summed E-state index contributed by atoms with van der Waals surface area (Å²) in [6.45, 7) is 18.0. The summed E-state index contributed by atoms with van der Waals surface area (Å²) in [4.78, 5) is 33.8. The van der Waals surface area contributed by atoms with Gasteiger partial charge < -0.3 is 23.5 Å². The highest BCUT2D eigenvalue weighted by molar-refractivity contribution is 7.82. The number of aromatic amines is 1. The highest BCUT2D eigenvalue weighted by Crippen LogP contribution is 2.38. The molecule has 0 aliphatic heterocycles. The highest BCUT2D eigenvalue weighted by atomic mass is 32.2. The first-order valence-electron chi connectivity index (χ1n) is 17.7. The molecule has 2 heterocycles. The number of H-pyrrole nitrogens is 1. The van der Waals surface area contributed by atoms with Gasteiger partial charge in [0.2, 0.25) is 5.69 Å². The molecule has 0 radical (unpaired) electrons. The van der Waals surface area contributed by atoms with Crippen LogP contribution in [0.1, 0.15) is 88.6 Å². The molecular weight excluding hydrogens is 687 g/mol. The minimum absolute atomic E-state index is 0.0964. The molecule has 1 saturated carbocycles. The van der Waals surface area contributed by atoms with Crippen molar-refractivity contribution in [3.8, 4) is 28.6 Å². The van der Waals surface area contributed by atoms with E-state index in [2.05, 4.69) is 47.3 Å². The largest absolute Gasteiger partial charge is 0.495 e. The van der Waals surface area contributed by atoms with E-state index in [9.17, 15) is 18.9 Å². The normalized spacial score (nSPS) is 19.7. The van der Waals surface area contributed by atoms with Crippen molar-refractivity contribution in [2.75, 3.05) is 11.8 Å². The van der Waals surface area contributed by atoms with Crippen LogP contribution in [0.4, 0.5) is 11.4 Å². The third-order valence-electron chi connectivity index (χ3n) is 9.44. The number of ether oxygens (including phenoxy) is 3. The van der Waals surface area contributed by atoms with Crippen LogP contribution < -0.4 is 18.4 Å². The lowest BCUT2D eigenvalue weighted by Crippen LogP contribution is -2.37. The number of fused-ring (bicyclic) bond motifs is 1. The summed E-state index contributed by atoms with van der Waals surface area (Å²) in [6, 6.07) is 10.0. The van der Waals surface area contributed by atoms with Crippen LogP contribution in [0, 0.1) is 31.2 Å². The Morgan fingerprint density at radius 2 is 1.83 bits per heavy atom. The average Bonchev–Trinajstić information content (AvgIpc) is 3.66. The van der Waals surface area contributed by atoms with Crippen molar-refractivity contribution >= 4 is 40.2 Å². The maximum atomic E-state index is 13.6. The van der Waals surface area contributed by atoms with Crippen LogP contribution in [0.15, 0.2) is 42.6 Å². The number of carbonyl (C=O) groups is 2. The molecule has 1 aliphatic carbocycles. The summed E-state index contributed by atoms with van der Waals surface area (Å²) in [5, 5.41) is 12.9. The van der Waals surface area contributed by atoms with Gasteiger partial charge >= 0.3 is 23.2 Å². The second-order valence-corrected chi connectivity index (χ2v) is 14.6. The molecule has 4 aromatic rings. The van der Waals surface area contributed by atoms with Crippen LogP contribution in [-0.2, 0) is 20.8 Å². The van der Waals surface area contributed by atoms with Crippen molar-refractivity contribution < 1.29 is 37.3 Å². The van der Waals surface area contributed by atoms with Gasteiger partial charge in [-0.1, -0.05) is 53.0 Å². The van der Waals surface area contributed by atoms with Crippen LogP contribution in [0.25, 0.3) is 21.9 Å². The van der Waals surface area contributed by atoms with Crippen LogP contribution in [-0.4, -0.2) is 55.2 Å². The van der Waals surface area contributed by atoms with Crippen LogP contribution in [0.3, 0.4) is 0 Å². The molecule has 1 fully saturated rings. The summed E-state index contributed by atoms with van der Waals surface area (Å²) >= 11 is -2.17. The molecule has 13 nitrogen and oxygen atoms in total. The van der Waals surface area contributed by atoms with Gasteiger partial charge in [-0.3, -0.25) is 14.3 Å². The number of nitrogens with one attached hydrogen (secondary N) is 2. The fourth-order valence-corrected chi connectivity index (χ4v) is 7.66. The van der Waals surface area contributed by atoms with Crippen molar-refractivity contribution in [2.45, 2.75) is 91.8 Å². The van der Waals surface area contributed by atoms with Gasteiger partial charge in [-0.05, 0) is 86.3 Å². The van der Waals surface area contributed by atoms with E-state index in [0.717, 1.165) is 37.7 Å². The Morgan fingerprint density at radius 3 is 2.50 bits per heavy atom. The predicted octanol–water partition coefficient (Wildman–Crippen LogP) is 8.30. The Morgan fingerprint density at radius 1 is 1.10 bits per heavy atom. The minimum atomic E-state index is -2.17. The standard InChI is InChI=1S/C38H47N5O8S/c1-8-9-10-11-12-31(37(44)45)49-30-15-13-22(2)19-32(30)51-52(47)42-27-20-26(14-16-29(27)48-7)35-40-36-33(28(39-6)21-43(36)41-35)38(46)50-34-24(4)17-23(3)18-25(34)5/h13-16,19-21,23-25,31,34,42H,8-12,17-18H2,1-5,7H3,(H,40,41)(H,44,45). The zero-order valence-electron chi connectivity index (χ0n) is 30.4. The number of anilines is 1. The number of carboxylic acid groups (broad SMARTS) is 1. The number of carbonyl (C=O) groups excluding carboxylic acids is 1. The minimum Gasteiger partial charge on any atom is -0.495 e. The van der Waals surface area contributed by atoms with E-state index in [1.54, 1.807) is 36.4 Å². The number of aryl methyl sites for hydroxylation is 1. The van der Waals surface area contributed by atoms with Gasteiger partial charge in [0.15, 0.2) is 29.1 Å². The number of esters is 1. The second-order valence-electron chi connectivity index (χ2n) is 13.7. The molecule has 0 bridgehead atoms. The Hall–Kier alpha value is -5.03. The number of carboxylic acids is 1. The van der Waals surface area contributed by atoms with Crippen molar-refractivity contribution in [3.63, 3.8) is 0 Å². The van der Waals surface area contributed by atoms with E-state index in [1.807, 2.05) is 6.92 Å². The lowest BCUT2D eigenvalue weighted by molar-refractivity contribution is -0.145. The van der Waals surface area contributed by atoms with E-state index in [4.69, 9.17) is 25.0 Å². The molecule has 0 amide bonds. The van der Waals surface area contributed by atoms with Gasteiger partial charge in [0.1, 0.15) is 17.4 Å². The first kappa shape index (κ1) is 38.2. The number of aliphatic carboxylic acids is 1. The number of rotatable bonds is 16. The summed E-state index contributed by atoms with van der Waals surface area (Å²) in [7, 11) is 1.47. The molecule has 14 heteroatoms. The lowest BCUT2D eigenvalue weighted by Gasteiger charge is -2.37. The maximum absolute atomic E-state index is 13.6. The van der Waals surface area contributed by atoms with E-state index in [-0.39, 0.29) is 46.3 Å². The number of methoxy groups -OCH3 is 1. The molecule has 2 aromatic carbocycles. The SMILES string of the molecule is [C-]#[N+]c1cn2[nH]c(-c3ccc(OC)c(NS(=O)Oc4cc(C)ccc4OC(CCCCCC)C(=O)O)c3)nc2c1C(=O)OC1C(C)CC(C)CC1C. The van der Waals surface area contributed by atoms with E-state index in [0.29, 0.717) is 41.6 Å². The fourth-order valence-electron chi connectivity index (χ4n) is 6.99. The molecule has 3 N–H and O–H groups in total. The van der Waals surface area contributed by atoms with Crippen molar-refractivity contribution in [1.29, 1.82) is 0 Å². The lowest BCUT2D eigenvalue weighted by atomic mass is 9.75. The quantitative estimate of drug-likeness (QED) is 0.0585. The zero-order valence-corrected chi connectivity index (χ0v) is 31.2. The van der Waals surface area contributed by atoms with Gasteiger partial charge in [0.25, 0.3) is 0 Å². The Balaban J connectivity index is 1.36. The van der Waals surface area contributed by atoms with Crippen molar-refractivity contribution in [3.05, 3.63) is 65.1 Å². The number of unbranched alkanes of at least 4 members (excludes halogenated alkanes) is 3. The third kappa shape index (κ3) is 8.88. The highest BCUT2D eigenvalue weighted by Gasteiger charge is 2.36. The van der Waals surface area contributed by atoms with Crippen molar-refractivity contribution in [1.82, 2.24) is 14.6 Å². The number of hydrogen-bond donors (Lipinski definition) is 3. The molecular formula is C38H47N5O8S. The van der Waals surface area contributed by atoms with Crippen LogP contribution in [0.5, 0.6) is 17.2 Å². The number of hydrogen-bond acceptors (Lipinski definition) is 8. The Kier molecular flexibility index (Phi) is 12.5. The number of benzene rings is 2. The summed E-state index contributed by atoms with van der Waals surface area (Å²) in [6.07, 6.45) is 6.06. The van der Waals surface area contributed by atoms with Gasteiger partial charge in [-0.25, -0.2) is 19.4 Å². The van der Waals surface area contributed by atoms with Gasteiger partial charge in [-0.15, -0.1) is 0 Å². The Bertz CT molecular complexity index is 1950. The van der Waals surface area contributed by atoms with Gasteiger partial charge in [0.05, 0.1) is 19.4 Å². The van der Waals surface area contributed by atoms with Gasteiger partial charge in [0, 0.05) is 11.8 Å². The monoisotopic (exact) mass is 733 g/mol. The van der Waals surface area contributed by atoms with E-state index < -0.39 is 29.3 Å². The van der Waals surface area contributed by atoms with Gasteiger partial charge in [-0.2, -0.15) is 4.21 Å². The molecule has 4 unspecified atom stereocenters.